The van der Waals surface area contributed by atoms with E-state index >= 15 is 0 Å². The SMILES string of the molecule is Nc1ncnc2c1ncn2[C@@H]1O[C@H](C(=O)NC[C@H](O)CO)[C@@H](O)[C@H]1O. The number of ether oxygens (including phenoxy) is 1. The number of nitrogen functional groups attached to an aromatic ring is 1. The molecule has 2 aromatic heterocycles. The number of nitrogens with two attached hydrogens (primary N) is 1. The summed E-state index contributed by atoms with van der Waals surface area (Å²) in [7, 11) is 0. The second kappa shape index (κ2) is 6.85. The van der Waals surface area contributed by atoms with E-state index in [0.717, 1.165) is 0 Å². The number of rotatable bonds is 5. The monoisotopic (exact) mass is 354 g/mol. The van der Waals surface area contributed by atoms with E-state index in [9.17, 15) is 20.1 Å². The molecule has 1 aliphatic heterocycles. The minimum Gasteiger partial charge on any atom is -0.394 e. The van der Waals surface area contributed by atoms with Crippen molar-refractivity contribution >= 4 is 22.9 Å². The van der Waals surface area contributed by atoms with Crippen LogP contribution >= 0.6 is 0 Å². The minimum absolute atomic E-state index is 0.143. The zero-order chi connectivity index (χ0) is 18.1. The number of imidazole rings is 1. The number of hydrogen-bond acceptors (Lipinski definition) is 10. The molecule has 0 spiro atoms. The Morgan fingerprint density at radius 1 is 1.36 bits per heavy atom. The number of aliphatic hydroxyl groups is 4. The molecule has 25 heavy (non-hydrogen) atoms. The van der Waals surface area contributed by atoms with Gasteiger partial charge in [0.2, 0.25) is 0 Å². The van der Waals surface area contributed by atoms with E-state index in [4.69, 9.17) is 15.6 Å². The number of fused-ring (bicyclic) bond motifs is 1. The Labute approximate surface area is 140 Å². The largest absolute Gasteiger partial charge is 0.394 e. The lowest BCUT2D eigenvalue weighted by Crippen LogP contribution is -2.45. The molecule has 1 aliphatic rings. The highest BCUT2D eigenvalue weighted by Gasteiger charge is 2.47. The van der Waals surface area contributed by atoms with Gasteiger partial charge in [-0.3, -0.25) is 9.36 Å². The fourth-order valence-corrected chi connectivity index (χ4v) is 2.55. The highest BCUT2D eigenvalue weighted by atomic mass is 16.6. The number of amides is 1. The van der Waals surface area contributed by atoms with Crippen molar-refractivity contribution in [2.75, 3.05) is 18.9 Å². The van der Waals surface area contributed by atoms with E-state index in [1.54, 1.807) is 0 Å². The molecular formula is C13H18N6O6. The van der Waals surface area contributed by atoms with Gasteiger partial charge in [-0.15, -0.1) is 0 Å². The summed E-state index contributed by atoms with van der Waals surface area (Å²) in [6.07, 6.45) is -4.03. The molecule has 1 amide bonds. The van der Waals surface area contributed by atoms with E-state index in [1.165, 1.54) is 17.2 Å². The second-order valence-corrected chi connectivity index (χ2v) is 5.59. The fourth-order valence-electron chi connectivity index (χ4n) is 2.55. The van der Waals surface area contributed by atoms with Crippen LogP contribution < -0.4 is 11.1 Å². The van der Waals surface area contributed by atoms with Crippen LogP contribution in [-0.4, -0.2) is 83.4 Å². The summed E-state index contributed by atoms with van der Waals surface area (Å²) in [4.78, 5) is 24.0. The smallest absolute Gasteiger partial charge is 0.252 e. The molecule has 7 N–H and O–H groups in total. The summed E-state index contributed by atoms with van der Waals surface area (Å²) in [6, 6.07) is 0. The standard InChI is InChI=1S/C13H18N6O6/c14-10-6-11(17-3-16-10)19(4-18-6)13-8(23)7(22)9(25-13)12(24)15-1-5(21)2-20/h3-5,7-9,13,20-23H,1-2H2,(H,15,24)(H2,14,16,17)/t5-,7-,8+,9-,13+/m0/s1. The van der Waals surface area contributed by atoms with Gasteiger partial charge in [0.05, 0.1) is 19.0 Å². The molecule has 1 saturated heterocycles. The highest BCUT2D eigenvalue weighted by molar-refractivity contribution is 5.82. The Balaban J connectivity index is 1.79. The van der Waals surface area contributed by atoms with Crippen LogP contribution in [-0.2, 0) is 9.53 Å². The average molecular weight is 354 g/mol. The molecule has 136 valence electrons. The van der Waals surface area contributed by atoms with Crippen molar-refractivity contribution in [2.24, 2.45) is 0 Å². The third-order valence-electron chi connectivity index (χ3n) is 3.88. The van der Waals surface area contributed by atoms with E-state index in [0.29, 0.717) is 5.52 Å². The first-order valence-corrected chi connectivity index (χ1v) is 7.45. The number of carbonyl (C=O) groups excluding carboxylic acids is 1. The van der Waals surface area contributed by atoms with Crippen LogP contribution in [0, 0.1) is 0 Å². The van der Waals surface area contributed by atoms with Gasteiger partial charge in [-0.25, -0.2) is 15.0 Å². The van der Waals surface area contributed by atoms with Crippen molar-refractivity contribution in [3.05, 3.63) is 12.7 Å². The molecule has 0 aliphatic carbocycles. The number of carbonyl (C=O) groups is 1. The van der Waals surface area contributed by atoms with Crippen molar-refractivity contribution in [1.29, 1.82) is 0 Å². The van der Waals surface area contributed by atoms with Crippen LogP contribution in [0.3, 0.4) is 0 Å². The van der Waals surface area contributed by atoms with Crippen LogP contribution in [0.25, 0.3) is 11.2 Å². The van der Waals surface area contributed by atoms with Crippen molar-refractivity contribution < 1.29 is 30.0 Å². The molecule has 0 bridgehead atoms. The summed E-state index contributed by atoms with van der Waals surface area (Å²) in [5, 5.41) is 40.7. The van der Waals surface area contributed by atoms with Crippen LogP contribution in [0.4, 0.5) is 5.82 Å². The summed E-state index contributed by atoms with van der Waals surface area (Å²) in [5.41, 5.74) is 6.28. The Morgan fingerprint density at radius 3 is 2.84 bits per heavy atom. The third kappa shape index (κ3) is 3.12. The summed E-state index contributed by atoms with van der Waals surface area (Å²) in [5.74, 6) is -0.593. The van der Waals surface area contributed by atoms with E-state index in [-0.39, 0.29) is 18.0 Å². The number of hydrogen-bond donors (Lipinski definition) is 6. The van der Waals surface area contributed by atoms with Crippen molar-refractivity contribution in [2.45, 2.75) is 30.6 Å². The first kappa shape index (κ1) is 17.4. The van der Waals surface area contributed by atoms with E-state index in [1.807, 2.05) is 0 Å². The molecule has 12 nitrogen and oxygen atoms in total. The van der Waals surface area contributed by atoms with Gasteiger partial charge in [-0.1, -0.05) is 0 Å². The molecule has 5 atom stereocenters. The number of aromatic nitrogens is 4. The average Bonchev–Trinajstić information content (AvgIpc) is 3.15. The second-order valence-electron chi connectivity index (χ2n) is 5.59. The predicted molar refractivity (Wildman–Crippen MR) is 81.8 cm³/mol. The molecule has 0 saturated carbocycles. The van der Waals surface area contributed by atoms with Gasteiger partial charge >= 0.3 is 0 Å². The molecule has 1 fully saturated rings. The van der Waals surface area contributed by atoms with Gasteiger partial charge in [0.1, 0.15) is 24.1 Å². The van der Waals surface area contributed by atoms with E-state index < -0.39 is 43.2 Å². The Hall–Kier alpha value is -2.38. The third-order valence-corrected chi connectivity index (χ3v) is 3.88. The zero-order valence-corrected chi connectivity index (χ0v) is 12.9. The lowest BCUT2D eigenvalue weighted by atomic mass is 10.1. The predicted octanol–water partition coefficient (Wildman–Crippen LogP) is -3.50. The Kier molecular flexibility index (Phi) is 4.78. The maximum absolute atomic E-state index is 12.1. The molecule has 0 unspecified atom stereocenters. The van der Waals surface area contributed by atoms with Crippen LogP contribution in [0.1, 0.15) is 6.23 Å². The van der Waals surface area contributed by atoms with Gasteiger partial charge in [0.25, 0.3) is 5.91 Å². The molecule has 12 heteroatoms. The molecule has 0 radical (unpaired) electrons. The summed E-state index contributed by atoms with van der Waals surface area (Å²) in [6.45, 7) is -0.748. The Bertz CT molecular complexity index is 769. The van der Waals surface area contributed by atoms with Crippen LogP contribution in [0.15, 0.2) is 12.7 Å². The first-order chi connectivity index (χ1) is 11.9. The van der Waals surface area contributed by atoms with Gasteiger partial charge in [0, 0.05) is 6.54 Å². The van der Waals surface area contributed by atoms with Gasteiger partial charge in [0.15, 0.2) is 23.8 Å². The maximum Gasteiger partial charge on any atom is 0.252 e. The number of nitrogens with zero attached hydrogens (tertiary/aromatic N) is 4. The first-order valence-electron chi connectivity index (χ1n) is 7.45. The van der Waals surface area contributed by atoms with Crippen molar-refractivity contribution in [1.82, 2.24) is 24.8 Å². The number of nitrogens with one attached hydrogen (secondary N) is 1. The maximum atomic E-state index is 12.1. The van der Waals surface area contributed by atoms with Gasteiger partial charge in [-0.2, -0.15) is 0 Å². The molecular weight excluding hydrogens is 336 g/mol. The fraction of sp³-hybridized carbons (Fsp3) is 0.538. The normalized spacial score (nSPS) is 27.5. The molecule has 3 heterocycles. The van der Waals surface area contributed by atoms with Crippen molar-refractivity contribution in [3.63, 3.8) is 0 Å². The minimum atomic E-state index is -1.51. The molecule has 2 aromatic rings. The Morgan fingerprint density at radius 2 is 2.12 bits per heavy atom. The number of anilines is 1. The number of aliphatic hydroxyl groups excluding tert-OH is 4. The van der Waals surface area contributed by atoms with Gasteiger partial charge < -0.3 is 36.2 Å². The molecule has 3 rings (SSSR count). The summed E-state index contributed by atoms with van der Waals surface area (Å²) < 4.78 is 6.82. The van der Waals surface area contributed by atoms with Crippen LogP contribution in [0.5, 0.6) is 0 Å². The van der Waals surface area contributed by atoms with Crippen molar-refractivity contribution in [3.8, 4) is 0 Å². The van der Waals surface area contributed by atoms with E-state index in [2.05, 4.69) is 20.3 Å². The van der Waals surface area contributed by atoms with Crippen LogP contribution in [0.2, 0.25) is 0 Å². The summed E-state index contributed by atoms with van der Waals surface area (Å²) >= 11 is 0. The van der Waals surface area contributed by atoms with Gasteiger partial charge in [-0.05, 0) is 0 Å². The molecule has 0 aromatic carbocycles. The lowest BCUT2D eigenvalue weighted by Gasteiger charge is -2.16. The topological polar surface area (TPSA) is 189 Å². The zero-order valence-electron chi connectivity index (χ0n) is 12.9. The highest BCUT2D eigenvalue weighted by Crippen LogP contribution is 2.32. The lowest BCUT2D eigenvalue weighted by molar-refractivity contribution is -0.138. The quantitative estimate of drug-likeness (QED) is 0.314.